The molecule has 3 aliphatic rings. The van der Waals surface area contributed by atoms with Gasteiger partial charge in [0.05, 0.1) is 19.8 Å². The van der Waals surface area contributed by atoms with Crippen molar-refractivity contribution in [1.29, 1.82) is 0 Å². The van der Waals surface area contributed by atoms with Gasteiger partial charge in [0.1, 0.15) is 5.75 Å². The molecule has 38 heavy (non-hydrogen) atoms. The van der Waals surface area contributed by atoms with Crippen LogP contribution >= 0.6 is 0 Å². The van der Waals surface area contributed by atoms with Crippen molar-refractivity contribution in [2.24, 2.45) is 17.8 Å². The zero-order chi connectivity index (χ0) is 26.1. The average molecular weight is 528 g/mol. The first kappa shape index (κ1) is 25.8. The van der Waals surface area contributed by atoms with Crippen molar-refractivity contribution in [3.63, 3.8) is 0 Å². The fourth-order valence-electron chi connectivity index (χ4n) is 7.02. The second-order valence-corrected chi connectivity index (χ2v) is 13.6. The Morgan fingerprint density at radius 2 is 1.58 bits per heavy atom. The number of hydrogen-bond acceptors (Lipinski definition) is 4. The zero-order valence-electron chi connectivity index (χ0n) is 22.8. The standard InChI is InChI=1S/C33H39O4Si/c1-33(2)35-22-25(36-33)17-18-28-29-19-23-11-10-16-31(34-3)30(23)20-24(29)21-32(28)37-38(26-12-6-4-7-13-26)27-14-8-5-9-15-27/h4-16,24-25,28-29,32H,17-22H2,1-3H3/t24-,25?,28+,29-,32+/m0/s1. The van der Waals surface area contributed by atoms with E-state index in [2.05, 4.69) is 78.9 Å². The minimum absolute atomic E-state index is 0.161. The van der Waals surface area contributed by atoms with E-state index in [1.807, 2.05) is 13.8 Å². The summed E-state index contributed by atoms with van der Waals surface area (Å²) in [5.74, 6) is 2.29. The number of hydrogen-bond donors (Lipinski definition) is 0. The van der Waals surface area contributed by atoms with E-state index in [1.54, 1.807) is 7.11 Å². The Kier molecular flexibility index (Phi) is 7.45. The molecule has 0 N–H and O–H groups in total. The molecule has 3 aromatic rings. The smallest absolute Gasteiger partial charge is 0.283 e. The maximum Gasteiger partial charge on any atom is 0.283 e. The predicted octanol–water partition coefficient (Wildman–Crippen LogP) is 5.17. The molecule has 3 aromatic carbocycles. The monoisotopic (exact) mass is 527 g/mol. The van der Waals surface area contributed by atoms with Crippen LogP contribution in [0.15, 0.2) is 78.9 Å². The molecule has 199 valence electrons. The van der Waals surface area contributed by atoms with Crippen molar-refractivity contribution in [2.75, 3.05) is 13.7 Å². The van der Waals surface area contributed by atoms with Crippen LogP contribution in [0.2, 0.25) is 0 Å². The number of fused-ring (bicyclic) bond motifs is 2. The molecule has 5 heteroatoms. The van der Waals surface area contributed by atoms with Crippen molar-refractivity contribution >= 4 is 19.4 Å². The van der Waals surface area contributed by atoms with Crippen LogP contribution in [0.25, 0.3) is 0 Å². The van der Waals surface area contributed by atoms with Crippen LogP contribution < -0.4 is 15.1 Å². The summed E-state index contributed by atoms with van der Waals surface area (Å²) in [4.78, 5) is 0. The first-order chi connectivity index (χ1) is 18.5. The SMILES string of the molecule is COc1cccc2c1C[C@H]1C[C@@H](O[Si](c3ccccc3)c3ccccc3)[C@H](CCC3COC(C)(C)O3)[C@H]1C2. The molecule has 5 atom stereocenters. The van der Waals surface area contributed by atoms with Crippen LogP contribution in [0, 0.1) is 17.8 Å². The summed E-state index contributed by atoms with van der Waals surface area (Å²) in [7, 11) is 0.424. The highest BCUT2D eigenvalue weighted by Gasteiger charge is 2.47. The number of benzene rings is 3. The maximum absolute atomic E-state index is 7.30. The highest BCUT2D eigenvalue weighted by atomic mass is 28.3. The van der Waals surface area contributed by atoms with Gasteiger partial charge in [-0.05, 0) is 91.3 Å². The Bertz CT molecular complexity index is 1170. The van der Waals surface area contributed by atoms with Crippen molar-refractivity contribution in [2.45, 2.75) is 63.9 Å². The van der Waals surface area contributed by atoms with Gasteiger partial charge >= 0.3 is 0 Å². The number of rotatable bonds is 8. The molecule has 1 saturated heterocycles. The van der Waals surface area contributed by atoms with Crippen molar-refractivity contribution < 1.29 is 18.6 Å². The van der Waals surface area contributed by atoms with Crippen LogP contribution in [-0.2, 0) is 26.7 Å². The second kappa shape index (κ2) is 11.0. The van der Waals surface area contributed by atoms with E-state index < -0.39 is 14.8 Å². The third-order valence-electron chi connectivity index (χ3n) is 8.77. The lowest BCUT2D eigenvalue weighted by Crippen LogP contribution is -2.48. The van der Waals surface area contributed by atoms with Gasteiger partial charge in [-0.25, -0.2) is 0 Å². The van der Waals surface area contributed by atoms with Gasteiger partial charge < -0.3 is 18.6 Å². The maximum atomic E-state index is 7.30. The molecule has 6 rings (SSSR count). The highest BCUT2D eigenvalue weighted by molar-refractivity contribution is 6.80. The first-order valence-electron chi connectivity index (χ1n) is 14.1. The lowest BCUT2D eigenvalue weighted by atomic mass is 9.73. The normalized spacial score (nSPS) is 27.7. The molecule has 2 fully saturated rings. The Balaban J connectivity index is 1.28. The number of methoxy groups -OCH3 is 1. The fourth-order valence-corrected chi connectivity index (χ4v) is 9.19. The van der Waals surface area contributed by atoms with Gasteiger partial charge in [-0.2, -0.15) is 0 Å². The van der Waals surface area contributed by atoms with E-state index in [4.69, 9.17) is 18.6 Å². The van der Waals surface area contributed by atoms with Gasteiger partial charge in [0.2, 0.25) is 0 Å². The molecule has 1 heterocycles. The lowest BCUT2D eigenvalue weighted by molar-refractivity contribution is -0.139. The van der Waals surface area contributed by atoms with Crippen LogP contribution in [0.3, 0.4) is 0 Å². The predicted molar refractivity (Wildman–Crippen MR) is 152 cm³/mol. The summed E-state index contributed by atoms with van der Waals surface area (Å²) in [6, 6.07) is 28.3. The molecule has 1 saturated carbocycles. The second-order valence-electron chi connectivity index (χ2n) is 11.6. The minimum atomic E-state index is -1.37. The Morgan fingerprint density at radius 1 is 0.868 bits per heavy atom. The molecule has 1 radical (unpaired) electrons. The van der Waals surface area contributed by atoms with E-state index in [1.165, 1.54) is 21.5 Å². The number of ether oxygens (including phenoxy) is 3. The van der Waals surface area contributed by atoms with Crippen LogP contribution in [-0.4, -0.2) is 40.8 Å². The molecule has 0 aromatic heterocycles. The molecule has 1 aliphatic heterocycles. The molecule has 1 unspecified atom stereocenters. The van der Waals surface area contributed by atoms with Gasteiger partial charge in [0, 0.05) is 6.10 Å². The summed E-state index contributed by atoms with van der Waals surface area (Å²) < 4.78 is 25.2. The van der Waals surface area contributed by atoms with E-state index in [0.717, 1.165) is 37.9 Å². The first-order valence-corrected chi connectivity index (χ1v) is 15.5. The van der Waals surface area contributed by atoms with Crippen molar-refractivity contribution in [3.8, 4) is 5.75 Å². The zero-order valence-corrected chi connectivity index (χ0v) is 23.8. The van der Waals surface area contributed by atoms with Gasteiger partial charge in [0.15, 0.2) is 5.79 Å². The molecular weight excluding hydrogens is 488 g/mol. The lowest BCUT2D eigenvalue weighted by Gasteiger charge is -2.33. The van der Waals surface area contributed by atoms with Crippen molar-refractivity contribution in [3.05, 3.63) is 90.0 Å². The van der Waals surface area contributed by atoms with E-state index in [9.17, 15) is 0 Å². The van der Waals surface area contributed by atoms with Gasteiger partial charge in [0.25, 0.3) is 9.04 Å². The summed E-state index contributed by atoms with van der Waals surface area (Å²) in [5, 5.41) is 2.63. The molecule has 0 bridgehead atoms. The van der Waals surface area contributed by atoms with Gasteiger partial charge in [-0.15, -0.1) is 0 Å². The topological polar surface area (TPSA) is 36.9 Å². The molecule has 4 nitrogen and oxygen atoms in total. The highest BCUT2D eigenvalue weighted by Crippen LogP contribution is 2.49. The van der Waals surface area contributed by atoms with Crippen LogP contribution in [0.1, 0.15) is 44.2 Å². The third kappa shape index (κ3) is 5.35. The van der Waals surface area contributed by atoms with Gasteiger partial charge in [-0.1, -0.05) is 72.8 Å². The molecular formula is C33H39O4Si. The molecule has 2 aliphatic carbocycles. The quantitative estimate of drug-likeness (QED) is 0.379. The summed E-state index contributed by atoms with van der Waals surface area (Å²) in [5.41, 5.74) is 2.86. The molecule has 0 spiro atoms. The summed E-state index contributed by atoms with van der Waals surface area (Å²) >= 11 is 0. The third-order valence-corrected chi connectivity index (χ3v) is 11.0. The largest absolute Gasteiger partial charge is 0.496 e. The fraction of sp³-hybridized carbons (Fsp3) is 0.455. The Hall–Kier alpha value is -2.44. The van der Waals surface area contributed by atoms with Crippen LogP contribution in [0.5, 0.6) is 5.75 Å². The minimum Gasteiger partial charge on any atom is -0.496 e. The summed E-state index contributed by atoms with van der Waals surface area (Å²) in [6.07, 6.45) is 5.80. The average Bonchev–Trinajstić information content (AvgIpc) is 3.47. The van der Waals surface area contributed by atoms with Gasteiger partial charge in [-0.3, -0.25) is 0 Å². The molecule has 0 amide bonds. The van der Waals surface area contributed by atoms with E-state index >= 15 is 0 Å². The van der Waals surface area contributed by atoms with E-state index in [0.29, 0.717) is 24.4 Å². The Morgan fingerprint density at radius 3 is 2.21 bits per heavy atom. The summed E-state index contributed by atoms with van der Waals surface area (Å²) in [6.45, 7) is 4.72. The van der Waals surface area contributed by atoms with E-state index in [-0.39, 0.29) is 12.2 Å². The van der Waals surface area contributed by atoms with Crippen molar-refractivity contribution in [1.82, 2.24) is 0 Å². The van der Waals surface area contributed by atoms with Crippen LogP contribution in [0.4, 0.5) is 0 Å². The Labute approximate surface area is 229 Å².